The molecule has 2 aromatic heterocycles. The van der Waals surface area contributed by atoms with Crippen LogP contribution in [0.2, 0.25) is 5.02 Å². The number of nitrogens with two attached hydrogens (primary N) is 1. The molecule has 1 aliphatic rings. The van der Waals surface area contributed by atoms with Crippen molar-refractivity contribution >= 4 is 40.1 Å². The molecule has 0 bridgehead atoms. The fourth-order valence-electron chi connectivity index (χ4n) is 3.54. The number of aromatic nitrogens is 4. The van der Waals surface area contributed by atoms with Gasteiger partial charge in [0.1, 0.15) is 5.03 Å². The molecule has 0 aliphatic heterocycles. The third kappa shape index (κ3) is 3.58. The summed E-state index contributed by atoms with van der Waals surface area (Å²) >= 11 is 8.21. The molecule has 1 aliphatic carbocycles. The third-order valence-corrected chi connectivity index (χ3v) is 6.90. The normalized spacial score (nSPS) is 14.2. The number of hydrogen-bond donors (Lipinski definition) is 2. The van der Waals surface area contributed by atoms with Crippen molar-refractivity contribution < 1.29 is 0 Å². The van der Waals surface area contributed by atoms with Crippen LogP contribution < -0.4 is 5.73 Å². The van der Waals surface area contributed by atoms with Gasteiger partial charge < -0.3 is 5.73 Å². The molecular formula is C22H20ClN5S. The molecule has 1 fully saturated rings. The lowest BCUT2D eigenvalue weighted by atomic mass is 9.87. The highest BCUT2D eigenvalue weighted by Gasteiger charge is 2.21. The Labute approximate surface area is 178 Å². The maximum Gasteiger partial charge on any atom is 0.156 e. The van der Waals surface area contributed by atoms with E-state index >= 15 is 0 Å². The molecule has 146 valence electrons. The van der Waals surface area contributed by atoms with E-state index in [-0.39, 0.29) is 0 Å². The van der Waals surface area contributed by atoms with Crippen LogP contribution in [0.4, 0.5) is 5.82 Å². The molecule has 4 aromatic rings. The first-order valence-electron chi connectivity index (χ1n) is 9.68. The topological polar surface area (TPSA) is 80.5 Å². The number of fused-ring (bicyclic) bond motifs is 1. The van der Waals surface area contributed by atoms with Gasteiger partial charge in [-0.1, -0.05) is 48.4 Å². The summed E-state index contributed by atoms with van der Waals surface area (Å²) in [4.78, 5) is 9.73. The molecule has 0 amide bonds. The molecule has 0 spiro atoms. The second kappa shape index (κ2) is 7.69. The molecule has 0 saturated heterocycles. The van der Waals surface area contributed by atoms with Gasteiger partial charge in [-0.15, -0.1) is 11.8 Å². The standard InChI is InChI=1S/C22H20ClN5S/c23-17-10-15(9-16-11-25-28-18(16)17)20-19(14-7-2-1-3-8-14)26-21(24)22(27-20)29-12-13-5-4-6-13/h1-3,7-11,13H,4-6,12H2,(H2,24,26)(H,25,28). The summed E-state index contributed by atoms with van der Waals surface area (Å²) in [6.07, 6.45) is 5.68. The van der Waals surface area contributed by atoms with E-state index in [0.29, 0.717) is 10.8 Å². The van der Waals surface area contributed by atoms with E-state index in [1.807, 2.05) is 42.5 Å². The van der Waals surface area contributed by atoms with Gasteiger partial charge in [-0.25, -0.2) is 9.97 Å². The number of thioether (sulfide) groups is 1. The SMILES string of the molecule is Nc1nc(-c2ccccc2)c(-c2cc(Cl)c3[nH]ncc3c2)nc1SCC1CCC1. The summed E-state index contributed by atoms with van der Waals surface area (Å²) in [5.74, 6) is 2.27. The number of hydrogen-bond acceptors (Lipinski definition) is 5. The Kier molecular flexibility index (Phi) is 4.89. The van der Waals surface area contributed by atoms with Crippen LogP contribution in [0.1, 0.15) is 19.3 Å². The molecule has 7 heteroatoms. The second-order valence-electron chi connectivity index (χ2n) is 7.38. The zero-order valence-corrected chi connectivity index (χ0v) is 17.3. The quantitative estimate of drug-likeness (QED) is 0.397. The lowest BCUT2D eigenvalue weighted by Gasteiger charge is -2.24. The highest BCUT2D eigenvalue weighted by molar-refractivity contribution is 7.99. The average Bonchev–Trinajstić information content (AvgIpc) is 3.17. The summed E-state index contributed by atoms with van der Waals surface area (Å²) in [5.41, 5.74) is 10.6. The van der Waals surface area contributed by atoms with Crippen molar-refractivity contribution in [2.24, 2.45) is 5.92 Å². The summed E-state index contributed by atoms with van der Waals surface area (Å²) in [6, 6.07) is 14.0. The third-order valence-electron chi connectivity index (χ3n) is 5.39. The van der Waals surface area contributed by atoms with Crippen LogP contribution in [-0.4, -0.2) is 25.9 Å². The maximum absolute atomic E-state index is 6.50. The van der Waals surface area contributed by atoms with Crippen molar-refractivity contribution in [2.75, 3.05) is 11.5 Å². The molecule has 5 nitrogen and oxygen atoms in total. The lowest BCUT2D eigenvalue weighted by Crippen LogP contribution is -2.13. The van der Waals surface area contributed by atoms with Crippen LogP contribution in [0.25, 0.3) is 33.4 Å². The van der Waals surface area contributed by atoms with E-state index in [1.165, 1.54) is 19.3 Å². The van der Waals surface area contributed by atoms with Crippen molar-refractivity contribution in [3.63, 3.8) is 0 Å². The molecule has 0 radical (unpaired) electrons. The molecule has 0 unspecified atom stereocenters. The van der Waals surface area contributed by atoms with E-state index in [9.17, 15) is 0 Å². The zero-order valence-electron chi connectivity index (χ0n) is 15.7. The largest absolute Gasteiger partial charge is 0.381 e. The van der Waals surface area contributed by atoms with Gasteiger partial charge in [-0.2, -0.15) is 5.10 Å². The number of aromatic amines is 1. The maximum atomic E-state index is 6.50. The summed E-state index contributed by atoms with van der Waals surface area (Å²) in [7, 11) is 0. The Hall–Kier alpha value is -2.57. The van der Waals surface area contributed by atoms with E-state index in [2.05, 4.69) is 10.2 Å². The van der Waals surface area contributed by atoms with Gasteiger partial charge >= 0.3 is 0 Å². The van der Waals surface area contributed by atoms with Crippen LogP contribution >= 0.6 is 23.4 Å². The Balaban J connectivity index is 1.64. The molecule has 2 heterocycles. The highest BCUT2D eigenvalue weighted by atomic mass is 35.5. The minimum atomic E-state index is 0.479. The minimum absolute atomic E-state index is 0.479. The molecule has 29 heavy (non-hydrogen) atoms. The fourth-order valence-corrected chi connectivity index (χ4v) is 4.89. The van der Waals surface area contributed by atoms with Crippen LogP contribution in [0.15, 0.2) is 53.7 Å². The van der Waals surface area contributed by atoms with Crippen molar-refractivity contribution in [2.45, 2.75) is 24.3 Å². The van der Waals surface area contributed by atoms with Crippen LogP contribution in [0.5, 0.6) is 0 Å². The van der Waals surface area contributed by atoms with Gasteiger partial charge in [-0.05, 0) is 30.9 Å². The highest BCUT2D eigenvalue weighted by Crippen LogP contribution is 2.38. The molecule has 5 rings (SSSR count). The smallest absolute Gasteiger partial charge is 0.156 e. The van der Waals surface area contributed by atoms with Crippen molar-refractivity contribution in [1.29, 1.82) is 0 Å². The first-order chi connectivity index (χ1) is 14.2. The number of H-pyrrole nitrogens is 1. The summed E-state index contributed by atoms with van der Waals surface area (Å²) < 4.78 is 0. The van der Waals surface area contributed by atoms with Crippen molar-refractivity contribution in [3.8, 4) is 22.5 Å². The molecule has 1 saturated carbocycles. The second-order valence-corrected chi connectivity index (χ2v) is 8.79. The van der Waals surface area contributed by atoms with Crippen LogP contribution in [0.3, 0.4) is 0 Å². The first kappa shape index (κ1) is 18.5. The van der Waals surface area contributed by atoms with Gasteiger partial charge in [0.05, 0.1) is 28.1 Å². The van der Waals surface area contributed by atoms with Crippen molar-refractivity contribution in [3.05, 3.63) is 53.7 Å². The number of rotatable bonds is 5. The van der Waals surface area contributed by atoms with Crippen LogP contribution in [-0.2, 0) is 0 Å². The number of halogens is 1. The number of nitrogens with one attached hydrogen (secondary N) is 1. The van der Waals surface area contributed by atoms with Gasteiger partial charge in [0, 0.05) is 22.3 Å². The molecule has 0 atom stereocenters. The van der Waals surface area contributed by atoms with Crippen LogP contribution in [0, 0.1) is 5.92 Å². The minimum Gasteiger partial charge on any atom is -0.381 e. The van der Waals surface area contributed by atoms with E-state index < -0.39 is 0 Å². The number of anilines is 1. The van der Waals surface area contributed by atoms with E-state index in [4.69, 9.17) is 27.3 Å². The summed E-state index contributed by atoms with van der Waals surface area (Å²) in [6.45, 7) is 0. The monoisotopic (exact) mass is 421 g/mol. The first-order valence-corrected chi connectivity index (χ1v) is 11.0. The van der Waals surface area contributed by atoms with Gasteiger partial charge in [0.15, 0.2) is 5.82 Å². The summed E-state index contributed by atoms with van der Waals surface area (Å²) in [5, 5.41) is 9.37. The number of benzene rings is 2. The Bertz CT molecular complexity index is 1170. The van der Waals surface area contributed by atoms with Gasteiger partial charge in [-0.3, -0.25) is 5.10 Å². The Morgan fingerprint density at radius 3 is 2.62 bits per heavy atom. The predicted octanol–water partition coefficient (Wildman–Crippen LogP) is 5.81. The molecule has 3 N–H and O–H groups in total. The Morgan fingerprint density at radius 2 is 1.86 bits per heavy atom. The van der Waals surface area contributed by atoms with Crippen molar-refractivity contribution in [1.82, 2.24) is 20.2 Å². The van der Waals surface area contributed by atoms with E-state index in [1.54, 1.807) is 18.0 Å². The average molecular weight is 422 g/mol. The van der Waals surface area contributed by atoms with Gasteiger partial charge in [0.2, 0.25) is 0 Å². The number of nitrogen functional groups attached to an aromatic ring is 1. The van der Waals surface area contributed by atoms with Gasteiger partial charge in [0.25, 0.3) is 0 Å². The lowest BCUT2D eigenvalue weighted by molar-refractivity contribution is 0.353. The number of nitrogens with zero attached hydrogens (tertiary/aromatic N) is 3. The molecule has 2 aromatic carbocycles. The van der Waals surface area contributed by atoms with E-state index in [0.717, 1.165) is 50.1 Å². The zero-order chi connectivity index (χ0) is 19.8. The molecular weight excluding hydrogens is 402 g/mol. The predicted molar refractivity (Wildman–Crippen MR) is 120 cm³/mol. The fraction of sp³-hybridized carbons (Fsp3) is 0.227. The Morgan fingerprint density at radius 1 is 1.07 bits per heavy atom.